The molecule has 0 aromatic carbocycles. The standard InChI is InChI=1S/C15H27N3O/c1-11(2)8-13-9-18(17-16-13)15(6,7)10-14(4,5)12(3)19/h9,11H,8,10H2,1-7H3. The van der Waals surface area contributed by atoms with Crippen molar-refractivity contribution in [2.24, 2.45) is 11.3 Å². The van der Waals surface area contributed by atoms with E-state index < -0.39 is 0 Å². The lowest BCUT2D eigenvalue weighted by atomic mass is 9.77. The SMILES string of the molecule is CC(=O)C(C)(C)CC(C)(C)n1cc(CC(C)C)nn1. The molecule has 1 heterocycles. The first-order chi connectivity index (χ1) is 8.54. The lowest BCUT2D eigenvalue weighted by molar-refractivity contribution is -0.126. The number of aromatic nitrogens is 3. The van der Waals surface area contributed by atoms with Crippen LogP contribution in [-0.4, -0.2) is 20.8 Å². The molecule has 1 aromatic rings. The van der Waals surface area contributed by atoms with Crippen LogP contribution in [0.4, 0.5) is 0 Å². The van der Waals surface area contributed by atoms with Gasteiger partial charge in [-0.25, -0.2) is 4.68 Å². The molecule has 0 unspecified atom stereocenters. The van der Waals surface area contributed by atoms with Crippen molar-refractivity contribution in [1.29, 1.82) is 0 Å². The van der Waals surface area contributed by atoms with E-state index in [9.17, 15) is 4.79 Å². The summed E-state index contributed by atoms with van der Waals surface area (Å²) in [4.78, 5) is 11.7. The molecule has 0 bridgehead atoms. The average molecular weight is 265 g/mol. The maximum atomic E-state index is 11.7. The predicted molar refractivity (Wildman–Crippen MR) is 77.0 cm³/mol. The Kier molecular flexibility index (Phi) is 4.54. The highest BCUT2D eigenvalue weighted by Crippen LogP contribution is 2.33. The van der Waals surface area contributed by atoms with Gasteiger partial charge in [0.15, 0.2) is 0 Å². The highest BCUT2D eigenvalue weighted by molar-refractivity contribution is 5.81. The fraction of sp³-hybridized carbons (Fsp3) is 0.800. The number of Topliss-reactive ketones (excluding diaryl/α,β-unsaturated/α-hetero) is 1. The second-order valence-corrected chi connectivity index (χ2v) is 7.18. The van der Waals surface area contributed by atoms with Crippen molar-refractivity contribution in [2.75, 3.05) is 0 Å². The minimum absolute atomic E-state index is 0.211. The quantitative estimate of drug-likeness (QED) is 0.793. The van der Waals surface area contributed by atoms with Gasteiger partial charge in [0.25, 0.3) is 0 Å². The normalized spacial score (nSPS) is 13.1. The minimum Gasteiger partial charge on any atom is -0.299 e. The molecule has 0 saturated carbocycles. The lowest BCUT2D eigenvalue weighted by Gasteiger charge is -2.33. The van der Waals surface area contributed by atoms with Gasteiger partial charge < -0.3 is 0 Å². The van der Waals surface area contributed by atoms with E-state index >= 15 is 0 Å². The van der Waals surface area contributed by atoms with E-state index in [-0.39, 0.29) is 16.7 Å². The van der Waals surface area contributed by atoms with Crippen molar-refractivity contribution in [3.05, 3.63) is 11.9 Å². The first kappa shape index (κ1) is 15.9. The summed E-state index contributed by atoms with van der Waals surface area (Å²) in [6, 6.07) is 0. The van der Waals surface area contributed by atoms with E-state index in [4.69, 9.17) is 0 Å². The zero-order chi connectivity index (χ0) is 14.8. The molecule has 108 valence electrons. The summed E-state index contributed by atoms with van der Waals surface area (Å²) in [6.45, 7) is 14.2. The molecule has 0 atom stereocenters. The topological polar surface area (TPSA) is 47.8 Å². The molecule has 1 aromatic heterocycles. The Labute approximate surface area is 116 Å². The highest BCUT2D eigenvalue weighted by atomic mass is 16.1. The van der Waals surface area contributed by atoms with Crippen LogP contribution in [0.25, 0.3) is 0 Å². The van der Waals surface area contributed by atoms with Gasteiger partial charge in [0.2, 0.25) is 0 Å². The molecule has 0 N–H and O–H groups in total. The summed E-state index contributed by atoms with van der Waals surface area (Å²) in [5.74, 6) is 0.782. The van der Waals surface area contributed by atoms with Crippen LogP contribution in [0.3, 0.4) is 0 Å². The van der Waals surface area contributed by atoms with E-state index in [0.29, 0.717) is 5.92 Å². The molecule has 0 saturated heterocycles. The summed E-state index contributed by atoms with van der Waals surface area (Å²) in [5.41, 5.74) is 0.467. The Morgan fingerprint density at radius 2 is 1.89 bits per heavy atom. The monoisotopic (exact) mass is 265 g/mol. The van der Waals surface area contributed by atoms with Crippen LogP contribution in [0.15, 0.2) is 6.20 Å². The summed E-state index contributed by atoms with van der Waals surface area (Å²) >= 11 is 0. The predicted octanol–water partition coefficient (Wildman–Crippen LogP) is 3.22. The van der Waals surface area contributed by atoms with Gasteiger partial charge in [-0.05, 0) is 39.5 Å². The first-order valence-electron chi connectivity index (χ1n) is 6.97. The highest BCUT2D eigenvalue weighted by Gasteiger charge is 2.34. The third kappa shape index (κ3) is 4.15. The molecule has 0 spiro atoms. The summed E-state index contributed by atoms with van der Waals surface area (Å²) < 4.78 is 1.90. The number of hydrogen-bond donors (Lipinski definition) is 0. The van der Waals surface area contributed by atoms with Crippen molar-refractivity contribution in [3.63, 3.8) is 0 Å². The zero-order valence-corrected chi connectivity index (χ0v) is 13.3. The van der Waals surface area contributed by atoms with Gasteiger partial charge >= 0.3 is 0 Å². The number of ketones is 1. The van der Waals surface area contributed by atoms with Gasteiger partial charge in [0, 0.05) is 11.6 Å². The molecule has 1 rings (SSSR count). The maximum Gasteiger partial charge on any atom is 0.135 e. The van der Waals surface area contributed by atoms with Crippen LogP contribution in [0.5, 0.6) is 0 Å². The van der Waals surface area contributed by atoms with Gasteiger partial charge in [-0.15, -0.1) is 5.10 Å². The molecule has 4 heteroatoms. The fourth-order valence-corrected chi connectivity index (χ4v) is 2.39. The molecule has 0 aliphatic rings. The third-order valence-corrected chi connectivity index (χ3v) is 3.61. The summed E-state index contributed by atoms with van der Waals surface area (Å²) in [7, 11) is 0. The second kappa shape index (κ2) is 5.43. The van der Waals surface area contributed by atoms with Crippen molar-refractivity contribution in [3.8, 4) is 0 Å². The smallest absolute Gasteiger partial charge is 0.135 e. The van der Waals surface area contributed by atoms with E-state index in [2.05, 4.69) is 38.0 Å². The Morgan fingerprint density at radius 3 is 2.37 bits per heavy atom. The second-order valence-electron chi connectivity index (χ2n) is 7.18. The van der Waals surface area contributed by atoms with Crippen molar-refractivity contribution in [1.82, 2.24) is 15.0 Å². The Hall–Kier alpha value is -1.19. The largest absolute Gasteiger partial charge is 0.299 e. The van der Waals surface area contributed by atoms with Gasteiger partial charge in [-0.2, -0.15) is 0 Å². The first-order valence-corrected chi connectivity index (χ1v) is 6.97. The van der Waals surface area contributed by atoms with Crippen molar-refractivity contribution < 1.29 is 4.79 Å². The zero-order valence-electron chi connectivity index (χ0n) is 13.3. The fourth-order valence-electron chi connectivity index (χ4n) is 2.39. The molecule has 0 fully saturated rings. The molecule has 19 heavy (non-hydrogen) atoms. The average Bonchev–Trinajstić information content (AvgIpc) is 2.63. The molecule has 4 nitrogen and oxygen atoms in total. The van der Waals surface area contributed by atoms with Gasteiger partial charge in [-0.3, -0.25) is 4.79 Å². The molecule has 0 aliphatic carbocycles. The lowest BCUT2D eigenvalue weighted by Crippen LogP contribution is -2.36. The van der Waals surface area contributed by atoms with E-state index in [1.54, 1.807) is 6.92 Å². The minimum atomic E-state index is -0.340. The van der Waals surface area contributed by atoms with Gasteiger partial charge in [-0.1, -0.05) is 32.9 Å². The number of nitrogens with zero attached hydrogens (tertiary/aromatic N) is 3. The molecular formula is C15H27N3O. The maximum absolute atomic E-state index is 11.7. The number of carbonyl (C=O) groups is 1. The van der Waals surface area contributed by atoms with Crippen LogP contribution >= 0.6 is 0 Å². The summed E-state index contributed by atoms with van der Waals surface area (Å²) in [5, 5.41) is 8.47. The molecule has 0 radical (unpaired) electrons. The third-order valence-electron chi connectivity index (χ3n) is 3.61. The van der Waals surface area contributed by atoms with Crippen LogP contribution in [0.1, 0.15) is 60.6 Å². The van der Waals surface area contributed by atoms with E-state index in [0.717, 1.165) is 18.5 Å². The molecular weight excluding hydrogens is 238 g/mol. The Bertz CT molecular complexity index is 444. The Balaban J connectivity index is 2.88. The van der Waals surface area contributed by atoms with Gasteiger partial charge in [0.1, 0.15) is 5.78 Å². The van der Waals surface area contributed by atoms with Crippen LogP contribution in [-0.2, 0) is 16.8 Å². The van der Waals surface area contributed by atoms with E-state index in [1.807, 2.05) is 24.7 Å². The molecule has 0 amide bonds. The van der Waals surface area contributed by atoms with Crippen molar-refractivity contribution >= 4 is 5.78 Å². The van der Waals surface area contributed by atoms with Gasteiger partial charge in [0.05, 0.1) is 11.2 Å². The van der Waals surface area contributed by atoms with E-state index in [1.165, 1.54) is 0 Å². The molecule has 0 aliphatic heterocycles. The summed E-state index contributed by atoms with van der Waals surface area (Å²) in [6.07, 6.45) is 3.70. The number of hydrogen-bond acceptors (Lipinski definition) is 3. The van der Waals surface area contributed by atoms with Crippen LogP contribution < -0.4 is 0 Å². The van der Waals surface area contributed by atoms with Crippen LogP contribution in [0, 0.1) is 11.3 Å². The number of rotatable bonds is 6. The van der Waals surface area contributed by atoms with Crippen molar-refractivity contribution in [2.45, 2.75) is 66.8 Å². The number of carbonyl (C=O) groups excluding carboxylic acids is 1. The van der Waals surface area contributed by atoms with Crippen LogP contribution in [0.2, 0.25) is 0 Å². The Morgan fingerprint density at radius 1 is 1.32 bits per heavy atom.